The zero-order chi connectivity index (χ0) is 55.5. The Hall–Kier alpha value is -3.62. The standard InChI is InChI=1S/C64H108N2O8S/c1-9-11-13-15-17-19-21-23-25-27-29-31-33-35-40-44-58(68)72-51-57(74-60(70)45-41-36-34-32-30-28-26-24-22-20-18-16-14-12-10-2)52-73-59(69)46-47-63(7,53-65)48-49-64(8,61(71)66-50-54(3)67)62(5,6)75-55(4)56-42-38-37-39-43-56/h23-26,37-38,42,54,57,67H,4,9-22,27-36,39-41,43-52H2,1-3,5-8H3,(H,66,71)/b25-23+,26-24+. The molecule has 0 saturated heterocycles. The quantitative estimate of drug-likeness (QED) is 0.0261. The van der Waals surface area contributed by atoms with E-state index in [2.05, 4.69) is 68.3 Å². The van der Waals surface area contributed by atoms with Crippen LogP contribution in [0.1, 0.15) is 267 Å². The lowest BCUT2D eigenvalue weighted by atomic mass is 9.69. The average Bonchev–Trinajstić information content (AvgIpc) is 3.39. The number of ether oxygens (including phenoxy) is 3. The van der Waals surface area contributed by atoms with Crippen molar-refractivity contribution in [2.24, 2.45) is 10.8 Å². The summed E-state index contributed by atoms with van der Waals surface area (Å²) in [5, 5.41) is 23.4. The minimum Gasteiger partial charge on any atom is -0.462 e. The largest absolute Gasteiger partial charge is 0.462 e. The molecule has 75 heavy (non-hydrogen) atoms. The number of rotatable bonds is 48. The Bertz CT molecular complexity index is 1750. The molecule has 0 aliphatic heterocycles. The topological polar surface area (TPSA) is 152 Å². The summed E-state index contributed by atoms with van der Waals surface area (Å²) in [6.07, 6.45) is 47.0. The third-order valence-electron chi connectivity index (χ3n) is 14.9. The first-order valence-corrected chi connectivity index (χ1v) is 30.8. The van der Waals surface area contributed by atoms with E-state index in [-0.39, 0.29) is 57.3 Å². The molecule has 0 fully saturated rings. The van der Waals surface area contributed by atoms with Crippen LogP contribution in [0.5, 0.6) is 0 Å². The third-order valence-corrected chi connectivity index (χ3v) is 16.4. The normalized spacial score (nSPS) is 15.2. The first-order chi connectivity index (χ1) is 36.0. The van der Waals surface area contributed by atoms with Crippen LogP contribution in [0.25, 0.3) is 0 Å². The molecule has 0 radical (unpaired) electrons. The number of unbranched alkanes of at least 4 members (excludes halogenated alkanes) is 22. The molecule has 0 aromatic rings. The highest BCUT2D eigenvalue weighted by molar-refractivity contribution is 8.04. The molecule has 4 atom stereocenters. The lowest BCUT2D eigenvalue weighted by molar-refractivity contribution is -0.167. The molecule has 4 unspecified atom stereocenters. The van der Waals surface area contributed by atoms with Gasteiger partial charge < -0.3 is 24.6 Å². The van der Waals surface area contributed by atoms with E-state index in [0.29, 0.717) is 25.7 Å². The number of carbonyl (C=O) groups excluding carboxylic acids is 4. The summed E-state index contributed by atoms with van der Waals surface area (Å²) in [5.41, 5.74) is -0.832. The van der Waals surface area contributed by atoms with E-state index in [1.165, 1.54) is 83.5 Å². The summed E-state index contributed by atoms with van der Waals surface area (Å²) < 4.78 is 16.4. The van der Waals surface area contributed by atoms with Crippen molar-refractivity contribution in [1.29, 1.82) is 5.26 Å². The van der Waals surface area contributed by atoms with Gasteiger partial charge in [-0.3, -0.25) is 19.2 Å². The van der Waals surface area contributed by atoms with Crippen LogP contribution in [0.3, 0.4) is 0 Å². The van der Waals surface area contributed by atoms with Gasteiger partial charge in [0, 0.05) is 35.5 Å². The van der Waals surface area contributed by atoms with Gasteiger partial charge in [0.2, 0.25) is 5.91 Å². The second-order valence-electron chi connectivity index (χ2n) is 22.4. The summed E-state index contributed by atoms with van der Waals surface area (Å²) in [7, 11) is 0. The number of allylic oxidation sites excluding steroid dienone is 8. The SMILES string of the molecule is C=C(SC(C)(C)C(C)(CCC(C)(C#N)CCC(=O)OCC(COC(=O)CCCCCCC/C=C/CCCCCCCC)OC(=O)CCCCCCC/C=C/CCCCCCCC)C(=O)NCC(C)O)C1=CC=CCC1. The number of hydrogen-bond donors (Lipinski definition) is 2. The molecular formula is C64H108N2O8S. The molecule has 0 saturated carbocycles. The predicted octanol–water partition coefficient (Wildman–Crippen LogP) is 17.0. The van der Waals surface area contributed by atoms with E-state index in [1.807, 2.05) is 26.8 Å². The number of nitriles is 1. The van der Waals surface area contributed by atoms with Gasteiger partial charge in [0.15, 0.2) is 6.10 Å². The highest BCUT2D eigenvalue weighted by atomic mass is 32.2. The fraction of sp³-hybridized carbons (Fsp3) is 0.766. The van der Waals surface area contributed by atoms with Gasteiger partial charge in [0.25, 0.3) is 0 Å². The first kappa shape index (κ1) is 69.4. The Morgan fingerprint density at radius 3 is 1.59 bits per heavy atom. The van der Waals surface area contributed by atoms with Crippen molar-refractivity contribution >= 4 is 35.6 Å². The Kier molecular flexibility index (Phi) is 40.1. The van der Waals surface area contributed by atoms with Gasteiger partial charge in [-0.15, -0.1) is 11.8 Å². The van der Waals surface area contributed by atoms with Gasteiger partial charge in [-0.2, -0.15) is 5.26 Å². The van der Waals surface area contributed by atoms with E-state index < -0.39 is 39.7 Å². The second-order valence-corrected chi connectivity index (χ2v) is 24.1. The van der Waals surface area contributed by atoms with Crippen LogP contribution in [-0.2, 0) is 33.4 Å². The van der Waals surface area contributed by atoms with E-state index in [4.69, 9.17) is 14.2 Å². The maximum atomic E-state index is 14.0. The van der Waals surface area contributed by atoms with Gasteiger partial charge in [-0.25, -0.2) is 0 Å². The maximum Gasteiger partial charge on any atom is 0.306 e. The predicted molar refractivity (Wildman–Crippen MR) is 313 cm³/mol. The number of aliphatic hydroxyl groups is 1. The third kappa shape index (κ3) is 34.7. The van der Waals surface area contributed by atoms with Crippen LogP contribution in [-0.4, -0.2) is 65.6 Å². The summed E-state index contributed by atoms with van der Waals surface area (Å²) in [6.45, 7) is 17.8. The van der Waals surface area contributed by atoms with Crippen molar-refractivity contribution in [2.45, 2.75) is 284 Å². The molecule has 0 heterocycles. The molecule has 0 bridgehead atoms. The number of nitrogens with one attached hydrogen (secondary N) is 1. The molecule has 1 aliphatic carbocycles. The zero-order valence-electron chi connectivity index (χ0n) is 48.7. The molecule has 1 amide bonds. The lowest BCUT2D eigenvalue weighted by Crippen LogP contribution is -2.52. The van der Waals surface area contributed by atoms with E-state index in [9.17, 15) is 29.5 Å². The molecule has 11 heteroatoms. The molecular weight excluding hydrogens is 957 g/mol. The van der Waals surface area contributed by atoms with Crippen molar-refractivity contribution in [2.75, 3.05) is 19.8 Å². The minimum atomic E-state index is -0.984. The second kappa shape index (κ2) is 43.4. The van der Waals surface area contributed by atoms with Crippen LogP contribution >= 0.6 is 11.8 Å². The van der Waals surface area contributed by atoms with Crippen LogP contribution in [0, 0.1) is 22.2 Å². The van der Waals surface area contributed by atoms with Crippen molar-refractivity contribution in [3.63, 3.8) is 0 Å². The van der Waals surface area contributed by atoms with Crippen molar-refractivity contribution < 1.29 is 38.5 Å². The number of thioether (sulfide) groups is 1. The Balaban J connectivity index is 2.78. The van der Waals surface area contributed by atoms with Crippen LogP contribution < -0.4 is 5.32 Å². The number of esters is 3. The van der Waals surface area contributed by atoms with Crippen molar-refractivity contribution in [3.8, 4) is 6.07 Å². The van der Waals surface area contributed by atoms with Crippen LogP contribution in [0.15, 0.2) is 59.6 Å². The molecule has 0 aromatic carbocycles. The molecule has 0 aromatic heterocycles. The van der Waals surface area contributed by atoms with Crippen molar-refractivity contribution in [1.82, 2.24) is 5.32 Å². The number of carbonyl (C=O) groups is 4. The number of hydrogen-bond acceptors (Lipinski definition) is 10. The summed E-state index contributed by atoms with van der Waals surface area (Å²) >= 11 is 1.55. The fourth-order valence-corrected chi connectivity index (χ4v) is 10.5. The van der Waals surface area contributed by atoms with Gasteiger partial charge in [-0.05, 0) is 137 Å². The molecule has 1 aliphatic rings. The highest BCUT2D eigenvalue weighted by Gasteiger charge is 2.49. The monoisotopic (exact) mass is 1060 g/mol. The van der Waals surface area contributed by atoms with Gasteiger partial charge in [-0.1, -0.05) is 166 Å². The number of aliphatic hydroxyl groups excluding tert-OH is 1. The molecule has 428 valence electrons. The van der Waals surface area contributed by atoms with E-state index >= 15 is 0 Å². The molecule has 1 rings (SSSR count). The maximum absolute atomic E-state index is 14.0. The first-order valence-electron chi connectivity index (χ1n) is 29.9. The number of amides is 1. The summed E-state index contributed by atoms with van der Waals surface area (Å²) in [4.78, 5) is 54.1. The zero-order valence-corrected chi connectivity index (χ0v) is 49.5. The summed E-state index contributed by atoms with van der Waals surface area (Å²) in [6, 6.07) is 2.41. The van der Waals surface area contributed by atoms with Crippen LogP contribution in [0.2, 0.25) is 0 Å². The molecule has 0 spiro atoms. The fourth-order valence-electron chi connectivity index (χ4n) is 9.14. The Morgan fingerprint density at radius 2 is 1.13 bits per heavy atom. The number of nitrogens with zero attached hydrogens (tertiary/aromatic N) is 1. The molecule has 10 nitrogen and oxygen atoms in total. The van der Waals surface area contributed by atoms with Gasteiger partial charge in [0.1, 0.15) is 13.2 Å². The van der Waals surface area contributed by atoms with E-state index in [0.717, 1.165) is 93.9 Å². The van der Waals surface area contributed by atoms with E-state index in [1.54, 1.807) is 25.6 Å². The molecule has 2 N–H and O–H groups in total. The Labute approximate surface area is 462 Å². The highest BCUT2D eigenvalue weighted by Crippen LogP contribution is 2.51. The van der Waals surface area contributed by atoms with Gasteiger partial charge >= 0.3 is 17.9 Å². The minimum absolute atomic E-state index is 0.0729. The van der Waals surface area contributed by atoms with Crippen LogP contribution in [0.4, 0.5) is 0 Å². The van der Waals surface area contributed by atoms with Crippen molar-refractivity contribution in [3.05, 3.63) is 59.6 Å². The smallest absolute Gasteiger partial charge is 0.306 e. The average molecular weight is 1070 g/mol. The van der Waals surface area contributed by atoms with Gasteiger partial charge in [0.05, 0.1) is 23.0 Å². The summed E-state index contributed by atoms with van der Waals surface area (Å²) in [5.74, 6) is -1.58. The Morgan fingerprint density at radius 1 is 0.680 bits per heavy atom. The lowest BCUT2D eigenvalue weighted by Gasteiger charge is -2.44.